The van der Waals surface area contributed by atoms with E-state index in [2.05, 4.69) is 258 Å². The quantitative estimate of drug-likeness (QED) is 0.152. The molecule has 75 heavy (non-hydrogen) atoms. The van der Waals surface area contributed by atoms with E-state index < -0.39 is 0 Å². The van der Waals surface area contributed by atoms with E-state index in [-0.39, 0.29) is 0 Å². The molecule has 0 radical (unpaired) electrons. The fraction of sp³-hybridized carbons (Fsp3) is 0. The Morgan fingerprint density at radius 3 is 1.04 bits per heavy atom. The summed E-state index contributed by atoms with van der Waals surface area (Å²) < 4.78 is 7.45. The Hall–Kier alpha value is -9.75. The smallest absolute Gasteiger partial charge is 0.164 e. The molecule has 0 aliphatic rings. The molecule has 0 N–H and O–H groups in total. The minimum atomic E-state index is 0.607. The van der Waals surface area contributed by atoms with Crippen molar-refractivity contribution in [3.8, 4) is 78.9 Å². The van der Waals surface area contributed by atoms with Crippen LogP contribution >= 0.6 is 11.3 Å². The number of thiophene rings is 1. The van der Waals surface area contributed by atoms with Crippen molar-refractivity contribution >= 4 is 75.1 Å². The maximum absolute atomic E-state index is 5.26. The Morgan fingerprint density at radius 2 is 0.573 bits per heavy atom. The number of hydrogen-bond donors (Lipinski definition) is 0. The minimum absolute atomic E-state index is 0.607. The molecule has 0 saturated carbocycles. The first kappa shape index (κ1) is 42.9. The summed E-state index contributed by atoms with van der Waals surface area (Å²) in [5, 5.41) is 7.39. The first-order valence-corrected chi connectivity index (χ1v) is 26.2. The van der Waals surface area contributed by atoms with Crippen molar-refractivity contribution < 1.29 is 0 Å². The van der Waals surface area contributed by atoms with Gasteiger partial charge >= 0.3 is 0 Å². The first-order valence-electron chi connectivity index (χ1n) is 25.3. The molecule has 0 bridgehead atoms. The van der Waals surface area contributed by atoms with Crippen molar-refractivity contribution in [1.29, 1.82) is 0 Å². The van der Waals surface area contributed by atoms with E-state index >= 15 is 0 Å². The average molecular weight is 974 g/mol. The number of aromatic nitrogens is 5. The number of rotatable bonds is 8. The number of para-hydroxylation sites is 2. The highest BCUT2D eigenvalue weighted by Crippen LogP contribution is 2.47. The molecule has 0 aliphatic carbocycles. The molecule has 4 aromatic heterocycles. The van der Waals surface area contributed by atoms with Gasteiger partial charge < -0.3 is 9.13 Å². The predicted molar refractivity (Wildman–Crippen MR) is 314 cm³/mol. The molecular weight excluding hydrogens is 931 g/mol. The molecule has 0 fully saturated rings. The summed E-state index contributed by atoms with van der Waals surface area (Å²) in [6.45, 7) is 0. The van der Waals surface area contributed by atoms with Crippen molar-refractivity contribution in [2.45, 2.75) is 0 Å². The highest BCUT2D eigenvalue weighted by atomic mass is 32.1. The molecule has 11 aromatic carbocycles. The van der Waals surface area contributed by atoms with Gasteiger partial charge in [-0.2, -0.15) is 0 Å². The van der Waals surface area contributed by atoms with Crippen LogP contribution in [0.2, 0.25) is 0 Å². The summed E-state index contributed by atoms with van der Waals surface area (Å²) in [6, 6.07) is 93.3. The van der Waals surface area contributed by atoms with Crippen LogP contribution in [0.3, 0.4) is 0 Å². The van der Waals surface area contributed by atoms with Gasteiger partial charge in [-0.1, -0.05) is 224 Å². The fourth-order valence-electron chi connectivity index (χ4n) is 11.2. The largest absolute Gasteiger partial charge is 0.308 e. The maximum atomic E-state index is 5.26. The summed E-state index contributed by atoms with van der Waals surface area (Å²) >= 11 is 1.89. The monoisotopic (exact) mass is 973 g/mol. The summed E-state index contributed by atoms with van der Waals surface area (Å²) in [7, 11) is 0. The molecule has 0 unspecified atom stereocenters. The minimum Gasteiger partial charge on any atom is -0.308 e. The molecule has 6 heteroatoms. The van der Waals surface area contributed by atoms with Gasteiger partial charge in [0.2, 0.25) is 0 Å². The second-order valence-corrected chi connectivity index (χ2v) is 20.2. The number of nitrogens with zero attached hydrogens (tertiary/aromatic N) is 5. The molecule has 0 amide bonds. The molecule has 15 aromatic rings. The van der Waals surface area contributed by atoms with E-state index in [0.29, 0.717) is 17.5 Å². The Kier molecular flexibility index (Phi) is 10.00. The third kappa shape index (κ3) is 7.18. The second-order valence-electron chi connectivity index (χ2n) is 19.1. The van der Waals surface area contributed by atoms with Crippen molar-refractivity contribution in [2.24, 2.45) is 0 Å². The molecule has 0 atom stereocenters. The van der Waals surface area contributed by atoms with Crippen LogP contribution < -0.4 is 0 Å². The average Bonchev–Trinajstić information content (AvgIpc) is 4.18. The molecule has 4 heterocycles. The lowest BCUT2D eigenvalue weighted by Gasteiger charge is -2.12. The van der Waals surface area contributed by atoms with Crippen LogP contribution in [0.15, 0.2) is 261 Å². The topological polar surface area (TPSA) is 48.5 Å². The highest BCUT2D eigenvalue weighted by molar-refractivity contribution is 7.27. The van der Waals surface area contributed by atoms with Gasteiger partial charge in [-0.25, -0.2) is 15.0 Å². The lowest BCUT2D eigenvalue weighted by Crippen LogP contribution is -2.01. The van der Waals surface area contributed by atoms with Gasteiger partial charge in [0, 0.05) is 60.4 Å². The molecule has 15 rings (SSSR count). The van der Waals surface area contributed by atoms with Gasteiger partial charge in [0.25, 0.3) is 0 Å². The first-order chi connectivity index (χ1) is 37.2. The van der Waals surface area contributed by atoms with Crippen LogP contribution in [-0.2, 0) is 0 Å². The zero-order valence-corrected chi connectivity index (χ0v) is 41.3. The van der Waals surface area contributed by atoms with Crippen LogP contribution in [0.4, 0.5) is 0 Å². The van der Waals surface area contributed by atoms with Crippen molar-refractivity contribution in [1.82, 2.24) is 24.1 Å². The lowest BCUT2D eigenvalue weighted by molar-refractivity contribution is 1.07. The number of benzene rings is 11. The third-order valence-corrected chi connectivity index (χ3v) is 16.0. The summed E-state index contributed by atoms with van der Waals surface area (Å²) in [4.78, 5) is 15.7. The SMILES string of the molecule is c1ccc(-c2ccc(-c3nc(-c4ccc(-c5ccccc5)cc4)nc(-c4cccc(-n5c6ccccc6c6ccc7c8ccc9c%10ccccc%10n(-c%10cccc(-c%11ccccc%11)c%10)c9c8sc7c65)c4)n3)cc2)cc1. The van der Waals surface area contributed by atoms with Gasteiger partial charge in [-0.15, -0.1) is 11.3 Å². The molecule has 350 valence electrons. The predicted octanol–water partition coefficient (Wildman–Crippen LogP) is 18.4. The molecule has 5 nitrogen and oxygen atoms in total. The molecule has 0 aliphatic heterocycles. The second kappa shape index (κ2) is 17.5. The van der Waals surface area contributed by atoms with Gasteiger partial charge in [0.05, 0.1) is 31.5 Å². The molecule has 0 saturated heterocycles. The highest BCUT2D eigenvalue weighted by Gasteiger charge is 2.23. The van der Waals surface area contributed by atoms with E-state index in [1.807, 2.05) is 23.5 Å². The zero-order valence-electron chi connectivity index (χ0n) is 40.5. The number of fused-ring (bicyclic) bond motifs is 11. The van der Waals surface area contributed by atoms with E-state index in [9.17, 15) is 0 Å². The van der Waals surface area contributed by atoms with Crippen LogP contribution in [0, 0.1) is 0 Å². The Bertz CT molecular complexity index is 4570. The lowest BCUT2D eigenvalue weighted by atomic mass is 10.0. The summed E-state index contributed by atoms with van der Waals surface area (Å²) in [5.74, 6) is 1.84. The number of hydrogen-bond acceptors (Lipinski definition) is 4. The van der Waals surface area contributed by atoms with Crippen LogP contribution in [0.5, 0.6) is 0 Å². The third-order valence-electron chi connectivity index (χ3n) is 14.8. The Labute approximate surface area is 436 Å². The summed E-state index contributed by atoms with van der Waals surface area (Å²) in [5.41, 5.74) is 16.6. The van der Waals surface area contributed by atoms with E-state index in [4.69, 9.17) is 15.0 Å². The fourth-order valence-corrected chi connectivity index (χ4v) is 12.6. The van der Waals surface area contributed by atoms with E-state index in [1.165, 1.54) is 69.4 Å². The van der Waals surface area contributed by atoms with E-state index in [0.717, 1.165) is 55.8 Å². The summed E-state index contributed by atoms with van der Waals surface area (Å²) in [6.07, 6.45) is 0. The van der Waals surface area contributed by atoms with Crippen molar-refractivity contribution in [3.05, 3.63) is 261 Å². The van der Waals surface area contributed by atoms with Crippen molar-refractivity contribution in [2.75, 3.05) is 0 Å². The molecule has 0 spiro atoms. The Morgan fingerprint density at radius 1 is 0.240 bits per heavy atom. The van der Waals surface area contributed by atoms with Crippen molar-refractivity contribution in [3.63, 3.8) is 0 Å². The maximum Gasteiger partial charge on any atom is 0.164 e. The van der Waals surface area contributed by atoms with Crippen LogP contribution in [0.1, 0.15) is 0 Å². The van der Waals surface area contributed by atoms with Crippen LogP contribution in [0.25, 0.3) is 143 Å². The van der Waals surface area contributed by atoms with Gasteiger partial charge in [0.15, 0.2) is 17.5 Å². The zero-order chi connectivity index (χ0) is 49.4. The normalized spacial score (nSPS) is 11.7. The van der Waals surface area contributed by atoms with Gasteiger partial charge in [-0.3, -0.25) is 0 Å². The Balaban J connectivity index is 0.918. The van der Waals surface area contributed by atoms with Gasteiger partial charge in [-0.05, 0) is 69.8 Å². The van der Waals surface area contributed by atoms with Crippen LogP contribution in [-0.4, -0.2) is 24.1 Å². The van der Waals surface area contributed by atoms with Gasteiger partial charge in [0.1, 0.15) is 0 Å². The standard InChI is InChI=1S/C69H43N5S/c1-4-16-44(17-5-1)47-30-34-49(35-31-47)67-70-68(50-36-32-48(33-37-50)45-18-6-2-7-19-45)72-69(71-67)52-23-15-25-54(43-52)74-62-29-13-11-27-56(62)58-39-41-60-59-40-38-57-55-26-10-12-28-61(55)73(63(57)65(59)75-66(60)64(58)74)53-24-14-22-51(42-53)46-20-8-3-9-21-46/h1-43H. The van der Waals surface area contributed by atoms with E-state index in [1.54, 1.807) is 0 Å². The molecular formula is C69H43N5S.